The number of carboxylic acid groups (broad SMARTS) is 1. The zero-order chi connectivity index (χ0) is 23.0. The first-order valence-corrected chi connectivity index (χ1v) is 10.3. The number of aromatic carboxylic acids is 1. The van der Waals surface area contributed by atoms with Crippen LogP contribution in [0.25, 0.3) is 22.2 Å². The lowest BCUT2D eigenvalue weighted by molar-refractivity contribution is -0.132. The van der Waals surface area contributed by atoms with Crippen molar-refractivity contribution in [3.05, 3.63) is 59.1 Å². The van der Waals surface area contributed by atoms with Gasteiger partial charge in [0, 0.05) is 41.3 Å². The van der Waals surface area contributed by atoms with Gasteiger partial charge in [0.25, 0.3) is 0 Å². The number of phenols is 1. The Bertz CT molecular complexity index is 1370. The van der Waals surface area contributed by atoms with Crippen molar-refractivity contribution in [3.8, 4) is 17.0 Å². The van der Waals surface area contributed by atoms with Gasteiger partial charge in [0.2, 0.25) is 0 Å². The molecule has 2 amide bonds. The first-order valence-electron chi connectivity index (χ1n) is 9.44. The van der Waals surface area contributed by atoms with Crippen molar-refractivity contribution in [1.29, 1.82) is 0 Å². The van der Waals surface area contributed by atoms with Gasteiger partial charge in [-0.25, -0.2) is 9.78 Å². The molecule has 4 N–H and O–H groups in total. The number of thiazole rings is 1. The van der Waals surface area contributed by atoms with Crippen molar-refractivity contribution < 1.29 is 24.6 Å². The number of fused-ring (bicyclic) bond motifs is 1. The highest BCUT2D eigenvalue weighted by atomic mass is 32.1. The zero-order valence-electron chi connectivity index (χ0n) is 17.0. The molecule has 2 heterocycles. The molecule has 10 heteroatoms. The standard InChI is InChI=1S/C22H18N4O5S/c1-11-14-9-15(21(30)31)17(27)10-16(14)26(2)18(11)12-4-3-5-13(8-12)24-19(28)20(29)25-22-23-6-7-32-22/h3-10,27H,1-2H3,(H,24,28)(H,30,31)(H,23,25,29). The summed E-state index contributed by atoms with van der Waals surface area (Å²) in [6.45, 7) is 1.85. The summed E-state index contributed by atoms with van der Waals surface area (Å²) in [6, 6.07) is 9.81. The molecule has 0 aliphatic rings. The molecule has 0 fully saturated rings. The number of amides is 2. The van der Waals surface area contributed by atoms with Crippen molar-refractivity contribution in [2.75, 3.05) is 10.6 Å². The molecule has 0 saturated heterocycles. The molecule has 0 aliphatic heterocycles. The van der Waals surface area contributed by atoms with Gasteiger partial charge in [0.05, 0.1) is 11.2 Å². The third-order valence-corrected chi connectivity index (χ3v) is 5.74. The van der Waals surface area contributed by atoms with Crippen LogP contribution in [-0.4, -0.2) is 37.5 Å². The van der Waals surface area contributed by atoms with Crippen LogP contribution in [0.15, 0.2) is 48.0 Å². The van der Waals surface area contributed by atoms with Gasteiger partial charge in [0.15, 0.2) is 5.13 Å². The van der Waals surface area contributed by atoms with Gasteiger partial charge in [0.1, 0.15) is 11.3 Å². The number of hydrogen-bond donors (Lipinski definition) is 4. The minimum atomic E-state index is -1.21. The van der Waals surface area contributed by atoms with E-state index in [1.165, 1.54) is 29.7 Å². The SMILES string of the molecule is Cc1c(-c2cccc(NC(=O)C(=O)Nc3nccs3)c2)n(C)c2cc(O)c(C(=O)O)cc12. The number of hydrogen-bond acceptors (Lipinski definition) is 6. The summed E-state index contributed by atoms with van der Waals surface area (Å²) in [6.07, 6.45) is 1.52. The Balaban J connectivity index is 1.66. The second-order valence-electron chi connectivity index (χ2n) is 7.05. The second-order valence-corrected chi connectivity index (χ2v) is 7.95. The number of rotatable bonds is 4. The highest BCUT2D eigenvalue weighted by Crippen LogP contribution is 2.36. The van der Waals surface area contributed by atoms with Gasteiger partial charge >= 0.3 is 17.8 Å². The summed E-state index contributed by atoms with van der Waals surface area (Å²) in [5.74, 6) is -3.19. The van der Waals surface area contributed by atoms with E-state index in [1.54, 1.807) is 30.6 Å². The Morgan fingerprint density at radius 1 is 1.09 bits per heavy atom. The third-order valence-electron chi connectivity index (χ3n) is 5.05. The van der Waals surface area contributed by atoms with Crippen LogP contribution >= 0.6 is 11.3 Å². The van der Waals surface area contributed by atoms with Gasteiger partial charge in [-0.2, -0.15) is 0 Å². The predicted octanol–water partition coefficient (Wildman–Crippen LogP) is 3.59. The molecule has 2 aromatic carbocycles. The second kappa shape index (κ2) is 8.16. The van der Waals surface area contributed by atoms with Crippen LogP contribution in [0.5, 0.6) is 5.75 Å². The fourth-order valence-electron chi connectivity index (χ4n) is 3.61. The monoisotopic (exact) mass is 450 g/mol. The lowest BCUT2D eigenvalue weighted by Crippen LogP contribution is -2.29. The first kappa shape index (κ1) is 21.1. The number of aryl methyl sites for hydroxylation is 2. The average molecular weight is 450 g/mol. The average Bonchev–Trinajstić information content (AvgIpc) is 3.34. The van der Waals surface area contributed by atoms with E-state index in [2.05, 4.69) is 15.6 Å². The number of benzene rings is 2. The number of carboxylic acids is 1. The molecular weight excluding hydrogens is 432 g/mol. The fourth-order valence-corrected chi connectivity index (χ4v) is 4.13. The lowest BCUT2D eigenvalue weighted by Gasteiger charge is -2.10. The smallest absolute Gasteiger partial charge is 0.339 e. The molecule has 32 heavy (non-hydrogen) atoms. The first-order chi connectivity index (χ1) is 15.3. The minimum Gasteiger partial charge on any atom is -0.507 e. The van der Waals surface area contributed by atoms with Gasteiger partial charge in [-0.1, -0.05) is 12.1 Å². The van der Waals surface area contributed by atoms with Crippen LogP contribution in [0.4, 0.5) is 10.8 Å². The Kier molecular flexibility index (Phi) is 5.37. The number of nitrogens with zero attached hydrogens (tertiary/aromatic N) is 2. The summed E-state index contributed by atoms with van der Waals surface area (Å²) < 4.78 is 1.84. The van der Waals surface area contributed by atoms with Gasteiger partial charge in [-0.3, -0.25) is 14.9 Å². The van der Waals surface area contributed by atoms with Crippen LogP contribution in [-0.2, 0) is 16.6 Å². The van der Waals surface area contributed by atoms with E-state index in [4.69, 9.17) is 0 Å². The number of carbonyl (C=O) groups excluding carboxylic acids is 2. The van der Waals surface area contributed by atoms with E-state index >= 15 is 0 Å². The molecule has 2 aromatic heterocycles. The number of nitrogens with one attached hydrogen (secondary N) is 2. The van der Waals surface area contributed by atoms with E-state index < -0.39 is 17.8 Å². The summed E-state index contributed by atoms with van der Waals surface area (Å²) in [4.78, 5) is 39.7. The summed E-state index contributed by atoms with van der Waals surface area (Å²) in [5.41, 5.74) is 3.25. The molecule has 4 aromatic rings. The van der Waals surface area contributed by atoms with Crippen LogP contribution < -0.4 is 10.6 Å². The van der Waals surface area contributed by atoms with E-state index in [0.29, 0.717) is 21.7 Å². The summed E-state index contributed by atoms with van der Waals surface area (Å²) in [5, 5.41) is 27.1. The van der Waals surface area contributed by atoms with Crippen molar-refractivity contribution in [3.63, 3.8) is 0 Å². The quantitative estimate of drug-likeness (QED) is 0.351. The maximum Gasteiger partial charge on any atom is 0.339 e. The molecule has 0 unspecified atom stereocenters. The maximum atomic E-state index is 12.3. The highest BCUT2D eigenvalue weighted by Gasteiger charge is 2.20. The largest absolute Gasteiger partial charge is 0.507 e. The number of carbonyl (C=O) groups is 3. The van der Waals surface area contributed by atoms with E-state index in [1.807, 2.05) is 17.6 Å². The van der Waals surface area contributed by atoms with Crippen molar-refractivity contribution in [2.45, 2.75) is 6.92 Å². The number of aromatic hydroxyl groups is 1. The molecule has 0 atom stereocenters. The number of aromatic nitrogens is 2. The molecular formula is C22H18N4O5S. The zero-order valence-corrected chi connectivity index (χ0v) is 17.9. The van der Waals surface area contributed by atoms with Gasteiger partial charge in [-0.05, 0) is 30.7 Å². The Labute approximate surface area is 186 Å². The van der Waals surface area contributed by atoms with Crippen molar-refractivity contribution >= 4 is 50.8 Å². The molecule has 162 valence electrons. The Hall–Kier alpha value is -4.18. The lowest BCUT2D eigenvalue weighted by atomic mass is 10.0. The fraction of sp³-hybridized carbons (Fsp3) is 0.0909. The molecule has 4 rings (SSSR count). The van der Waals surface area contributed by atoms with Gasteiger partial charge in [-0.15, -0.1) is 11.3 Å². The van der Waals surface area contributed by atoms with Crippen molar-refractivity contribution in [2.24, 2.45) is 7.05 Å². The number of anilines is 2. The van der Waals surface area contributed by atoms with E-state index in [-0.39, 0.29) is 11.3 Å². The molecule has 9 nitrogen and oxygen atoms in total. The van der Waals surface area contributed by atoms with Gasteiger partial charge < -0.3 is 20.1 Å². The molecule has 0 bridgehead atoms. The normalized spacial score (nSPS) is 10.8. The van der Waals surface area contributed by atoms with Crippen LogP contribution in [0.1, 0.15) is 15.9 Å². The Morgan fingerprint density at radius 3 is 2.53 bits per heavy atom. The van der Waals surface area contributed by atoms with E-state index in [0.717, 1.165) is 16.8 Å². The van der Waals surface area contributed by atoms with Crippen LogP contribution in [0.3, 0.4) is 0 Å². The summed E-state index contributed by atoms with van der Waals surface area (Å²) in [7, 11) is 1.80. The molecule has 0 aliphatic carbocycles. The Morgan fingerprint density at radius 2 is 1.84 bits per heavy atom. The molecule has 0 spiro atoms. The minimum absolute atomic E-state index is 0.176. The molecule has 0 radical (unpaired) electrons. The van der Waals surface area contributed by atoms with Crippen molar-refractivity contribution in [1.82, 2.24) is 9.55 Å². The molecule has 0 saturated carbocycles. The van der Waals surface area contributed by atoms with E-state index in [9.17, 15) is 24.6 Å². The summed E-state index contributed by atoms with van der Waals surface area (Å²) >= 11 is 1.20. The van der Waals surface area contributed by atoms with Crippen LogP contribution in [0, 0.1) is 6.92 Å². The highest BCUT2D eigenvalue weighted by molar-refractivity contribution is 7.13. The third kappa shape index (κ3) is 3.79. The topological polar surface area (TPSA) is 134 Å². The predicted molar refractivity (Wildman–Crippen MR) is 121 cm³/mol. The maximum absolute atomic E-state index is 12.3. The van der Waals surface area contributed by atoms with Crippen LogP contribution in [0.2, 0.25) is 0 Å².